The molecule has 0 aliphatic carbocycles. The molecule has 0 spiro atoms. The smallest absolute Gasteiger partial charge is 0.133 e. The molecule has 2 heterocycles. The second-order valence-corrected chi connectivity index (χ2v) is 5.66. The van der Waals surface area contributed by atoms with Crippen molar-refractivity contribution in [3.8, 4) is 23.0 Å². The molecule has 3 N–H and O–H groups in total. The van der Waals surface area contributed by atoms with Crippen LogP contribution in [0, 0.1) is 0 Å². The van der Waals surface area contributed by atoms with Gasteiger partial charge in [0.05, 0.1) is 12.7 Å². The summed E-state index contributed by atoms with van der Waals surface area (Å²) in [6, 6.07) is 8.09. The van der Waals surface area contributed by atoms with Crippen molar-refractivity contribution in [1.82, 2.24) is 0 Å². The van der Waals surface area contributed by atoms with Crippen molar-refractivity contribution in [3.63, 3.8) is 0 Å². The summed E-state index contributed by atoms with van der Waals surface area (Å²) < 4.78 is 11.6. The van der Waals surface area contributed by atoms with Crippen molar-refractivity contribution in [2.45, 2.75) is 25.0 Å². The van der Waals surface area contributed by atoms with E-state index in [9.17, 15) is 15.3 Å². The number of hydrogen-bond acceptors (Lipinski definition) is 5. The summed E-state index contributed by atoms with van der Waals surface area (Å²) in [5.74, 6) is 1.41. The average molecular weight is 300 g/mol. The van der Waals surface area contributed by atoms with E-state index in [0.29, 0.717) is 24.3 Å². The number of aromatic hydroxyl groups is 2. The minimum absolute atomic E-state index is 0.00713. The fourth-order valence-electron chi connectivity index (χ4n) is 3.18. The summed E-state index contributed by atoms with van der Waals surface area (Å²) in [6.45, 7) is 0.611. The molecule has 0 amide bonds. The van der Waals surface area contributed by atoms with Crippen LogP contribution in [0.5, 0.6) is 23.0 Å². The van der Waals surface area contributed by atoms with Crippen LogP contribution in [0.1, 0.15) is 35.3 Å². The molecule has 0 saturated heterocycles. The lowest BCUT2D eigenvalue weighted by molar-refractivity contribution is 0.0638. The van der Waals surface area contributed by atoms with Gasteiger partial charge in [-0.05, 0) is 24.3 Å². The minimum atomic E-state index is -0.659. The molecule has 0 fully saturated rings. The molecule has 0 aromatic heterocycles. The van der Waals surface area contributed by atoms with Crippen LogP contribution in [0.3, 0.4) is 0 Å². The molecule has 2 aromatic carbocycles. The van der Waals surface area contributed by atoms with Crippen molar-refractivity contribution < 1.29 is 24.8 Å². The molecule has 5 heteroatoms. The Morgan fingerprint density at radius 2 is 1.86 bits per heavy atom. The molecule has 5 nitrogen and oxygen atoms in total. The Morgan fingerprint density at radius 3 is 2.68 bits per heavy atom. The Morgan fingerprint density at radius 1 is 1.05 bits per heavy atom. The molecule has 4 rings (SSSR count). The Labute approximate surface area is 127 Å². The van der Waals surface area contributed by atoms with Crippen LogP contribution in [0.4, 0.5) is 0 Å². The van der Waals surface area contributed by atoms with Crippen LogP contribution < -0.4 is 9.47 Å². The third kappa shape index (κ3) is 1.97. The van der Waals surface area contributed by atoms with E-state index < -0.39 is 12.2 Å². The van der Waals surface area contributed by atoms with E-state index in [2.05, 4.69) is 0 Å². The monoisotopic (exact) mass is 300 g/mol. The number of rotatable bonds is 1. The fourth-order valence-corrected chi connectivity index (χ4v) is 3.18. The van der Waals surface area contributed by atoms with Crippen molar-refractivity contribution in [2.75, 3.05) is 6.61 Å². The van der Waals surface area contributed by atoms with Gasteiger partial charge >= 0.3 is 0 Å². The van der Waals surface area contributed by atoms with Crippen LogP contribution in [-0.4, -0.2) is 21.9 Å². The minimum Gasteiger partial charge on any atom is -0.508 e. The Bertz CT molecular complexity index is 740. The summed E-state index contributed by atoms with van der Waals surface area (Å²) in [6.07, 6.45) is -0.0205. The third-order valence-electron chi connectivity index (χ3n) is 4.27. The maximum Gasteiger partial charge on any atom is 0.133 e. The van der Waals surface area contributed by atoms with E-state index in [1.807, 2.05) is 12.1 Å². The number of ether oxygens (including phenoxy) is 2. The first-order valence-corrected chi connectivity index (χ1v) is 7.28. The zero-order valence-corrected chi connectivity index (χ0v) is 11.8. The molecule has 2 aliphatic rings. The Kier molecular flexibility index (Phi) is 2.90. The number of fused-ring (bicyclic) bond motifs is 3. The van der Waals surface area contributed by atoms with Crippen molar-refractivity contribution in [2.24, 2.45) is 0 Å². The average Bonchev–Trinajstić information content (AvgIpc) is 2.96. The third-order valence-corrected chi connectivity index (χ3v) is 4.27. The SMILES string of the molecule is Oc1ccc(C2CC(O)c3ccc4c(c3O2)CCO4)c(O)c1. The lowest BCUT2D eigenvalue weighted by Crippen LogP contribution is -2.20. The van der Waals surface area contributed by atoms with Gasteiger partial charge in [0, 0.05) is 35.6 Å². The summed E-state index contributed by atoms with van der Waals surface area (Å²) in [4.78, 5) is 0. The van der Waals surface area contributed by atoms with Crippen molar-refractivity contribution in [1.29, 1.82) is 0 Å². The van der Waals surface area contributed by atoms with Crippen LogP contribution in [0.2, 0.25) is 0 Å². The largest absolute Gasteiger partial charge is 0.508 e. The highest BCUT2D eigenvalue weighted by molar-refractivity contribution is 5.54. The molecule has 2 aliphatic heterocycles. The molecule has 2 aromatic rings. The highest BCUT2D eigenvalue weighted by Crippen LogP contribution is 2.48. The van der Waals surface area contributed by atoms with E-state index in [4.69, 9.17) is 9.47 Å². The fraction of sp³-hybridized carbons (Fsp3) is 0.294. The molecule has 2 unspecified atom stereocenters. The summed E-state index contributed by atoms with van der Waals surface area (Å²) in [5, 5.41) is 29.8. The number of phenolic OH excluding ortho intramolecular Hbond substituents is 2. The molecule has 0 radical (unpaired) electrons. The summed E-state index contributed by atoms with van der Waals surface area (Å²) in [7, 11) is 0. The second kappa shape index (κ2) is 4.81. The number of hydrogen-bond donors (Lipinski definition) is 3. The summed E-state index contributed by atoms with van der Waals surface area (Å²) in [5.41, 5.74) is 2.29. The molecule has 0 saturated carbocycles. The van der Waals surface area contributed by atoms with Crippen LogP contribution in [-0.2, 0) is 6.42 Å². The maximum absolute atomic E-state index is 10.4. The quantitative estimate of drug-likeness (QED) is 0.754. The van der Waals surface area contributed by atoms with Crippen molar-refractivity contribution in [3.05, 3.63) is 47.0 Å². The molecule has 0 bridgehead atoms. The first kappa shape index (κ1) is 13.3. The lowest BCUT2D eigenvalue weighted by Gasteiger charge is -2.31. The van der Waals surface area contributed by atoms with Gasteiger partial charge in [-0.3, -0.25) is 0 Å². The predicted molar refractivity (Wildman–Crippen MR) is 78.4 cm³/mol. The van der Waals surface area contributed by atoms with Gasteiger partial charge in [-0.25, -0.2) is 0 Å². The van der Waals surface area contributed by atoms with Gasteiger partial charge in [-0.1, -0.05) is 0 Å². The zero-order chi connectivity index (χ0) is 15.3. The number of phenols is 2. The van der Waals surface area contributed by atoms with Gasteiger partial charge in [-0.15, -0.1) is 0 Å². The van der Waals surface area contributed by atoms with Crippen LogP contribution in [0.25, 0.3) is 0 Å². The first-order valence-electron chi connectivity index (χ1n) is 7.28. The molecule has 22 heavy (non-hydrogen) atoms. The number of benzene rings is 2. The van der Waals surface area contributed by atoms with Gasteiger partial charge < -0.3 is 24.8 Å². The van der Waals surface area contributed by atoms with E-state index in [-0.39, 0.29) is 11.5 Å². The van der Waals surface area contributed by atoms with Crippen LogP contribution in [0.15, 0.2) is 30.3 Å². The lowest BCUT2D eigenvalue weighted by atomic mass is 9.92. The topological polar surface area (TPSA) is 79.2 Å². The van der Waals surface area contributed by atoms with Gasteiger partial charge in [-0.2, -0.15) is 0 Å². The second-order valence-electron chi connectivity index (χ2n) is 5.66. The van der Waals surface area contributed by atoms with E-state index in [1.54, 1.807) is 6.07 Å². The van der Waals surface area contributed by atoms with Crippen LogP contribution >= 0.6 is 0 Å². The first-order chi connectivity index (χ1) is 10.6. The van der Waals surface area contributed by atoms with Gasteiger partial charge in [0.1, 0.15) is 29.1 Å². The van der Waals surface area contributed by atoms with Gasteiger partial charge in [0.25, 0.3) is 0 Å². The zero-order valence-electron chi connectivity index (χ0n) is 11.8. The van der Waals surface area contributed by atoms with Crippen molar-refractivity contribution >= 4 is 0 Å². The highest BCUT2D eigenvalue weighted by Gasteiger charge is 2.33. The molecular weight excluding hydrogens is 284 g/mol. The standard InChI is InChI=1S/C17H16O5/c18-9-1-2-10(13(19)7-9)16-8-14(20)11-3-4-15-12(5-6-21-15)17(11)22-16/h1-4,7,14,16,18-20H,5-6,8H2. The van der Waals surface area contributed by atoms with Gasteiger partial charge in [0.15, 0.2) is 0 Å². The van der Waals surface area contributed by atoms with Gasteiger partial charge in [0.2, 0.25) is 0 Å². The number of aliphatic hydroxyl groups excluding tert-OH is 1. The predicted octanol–water partition coefficient (Wildman–Crippen LogP) is 2.59. The Hall–Kier alpha value is -2.40. The molecular formula is C17H16O5. The highest BCUT2D eigenvalue weighted by atomic mass is 16.5. The molecule has 2 atom stereocenters. The molecule has 114 valence electrons. The normalized spacial score (nSPS) is 22.4. The van der Waals surface area contributed by atoms with E-state index in [1.165, 1.54) is 12.1 Å². The maximum atomic E-state index is 10.4. The number of aliphatic hydroxyl groups is 1. The Balaban J connectivity index is 1.76. The summed E-state index contributed by atoms with van der Waals surface area (Å²) >= 11 is 0. The van der Waals surface area contributed by atoms with E-state index in [0.717, 1.165) is 23.3 Å². The van der Waals surface area contributed by atoms with E-state index >= 15 is 0 Å².